The van der Waals surface area contributed by atoms with Crippen molar-refractivity contribution < 1.29 is 9.53 Å². The summed E-state index contributed by atoms with van der Waals surface area (Å²) in [6, 6.07) is 8.11. The van der Waals surface area contributed by atoms with Crippen LogP contribution in [0.15, 0.2) is 35.6 Å². The molecule has 0 saturated carbocycles. The SMILES string of the molecule is CCOC(=O)CSc1nc2cccnc2n1-c1c(C)cc(C)cc1C. The van der Waals surface area contributed by atoms with Gasteiger partial charge in [-0.1, -0.05) is 29.5 Å². The zero-order valence-corrected chi connectivity index (χ0v) is 15.7. The van der Waals surface area contributed by atoms with E-state index < -0.39 is 0 Å². The van der Waals surface area contributed by atoms with Crippen LogP contribution in [-0.4, -0.2) is 32.9 Å². The highest BCUT2D eigenvalue weighted by atomic mass is 32.2. The normalized spacial score (nSPS) is 11.0. The van der Waals surface area contributed by atoms with Crippen LogP contribution in [0.2, 0.25) is 0 Å². The van der Waals surface area contributed by atoms with Crippen LogP contribution >= 0.6 is 11.8 Å². The summed E-state index contributed by atoms with van der Waals surface area (Å²) in [5.74, 6) is -0.0161. The Morgan fingerprint density at radius 1 is 1.24 bits per heavy atom. The zero-order chi connectivity index (χ0) is 18.0. The molecule has 0 spiro atoms. The number of hydrogen-bond donors (Lipinski definition) is 0. The molecule has 0 aliphatic rings. The number of thioether (sulfide) groups is 1. The Morgan fingerprint density at radius 2 is 1.96 bits per heavy atom. The van der Waals surface area contributed by atoms with Gasteiger partial charge in [-0.25, -0.2) is 9.97 Å². The number of ether oxygens (including phenoxy) is 1. The number of nitrogens with zero attached hydrogens (tertiary/aromatic N) is 3. The van der Waals surface area contributed by atoms with Gasteiger partial charge in [0.2, 0.25) is 0 Å². The van der Waals surface area contributed by atoms with E-state index >= 15 is 0 Å². The van der Waals surface area contributed by atoms with E-state index in [-0.39, 0.29) is 11.7 Å². The monoisotopic (exact) mass is 355 g/mol. The van der Waals surface area contributed by atoms with Crippen molar-refractivity contribution in [3.05, 3.63) is 47.2 Å². The van der Waals surface area contributed by atoms with Gasteiger partial charge in [0.25, 0.3) is 0 Å². The maximum Gasteiger partial charge on any atom is 0.316 e. The van der Waals surface area contributed by atoms with Crippen LogP contribution in [0.4, 0.5) is 0 Å². The summed E-state index contributed by atoms with van der Waals surface area (Å²) in [6.45, 7) is 8.45. The Hall–Kier alpha value is -2.34. The van der Waals surface area contributed by atoms with Crippen molar-refractivity contribution >= 4 is 28.9 Å². The molecule has 0 amide bonds. The fourth-order valence-electron chi connectivity index (χ4n) is 3.04. The molecule has 3 aromatic rings. The van der Waals surface area contributed by atoms with Crippen molar-refractivity contribution in [1.29, 1.82) is 0 Å². The van der Waals surface area contributed by atoms with Gasteiger partial charge >= 0.3 is 5.97 Å². The molecule has 0 fully saturated rings. The lowest BCUT2D eigenvalue weighted by Crippen LogP contribution is -2.08. The number of carbonyl (C=O) groups excluding carboxylic acids is 1. The van der Waals surface area contributed by atoms with E-state index in [2.05, 4.69) is 42.9 Å². The van der Waals surface area contributed by atoms with Crippen molar-refractivity contribution in [1.82, 2.24) is 14.5 Å². The first-order valence-corrected chi connectivity index (χ1v) is 9.20. The highest BCUT2D eigenvalue weighted by Gasteiger charge is 2.18. The van der Waals surface area contributed by atoms with Crippen LogP contribution < -0.4 is 0 Å². The summed E-state index contributed by atoms with van der Waals surface area (Å²) < 4.78 is 7.08. The second-order valence-corrected chi connectivity index (χ2v) is 6.86. The largest absolute Gasteiger partial charge is 0.465 e. The molecule has 6 heteroatoms. The highest BCUT2D eigenvalue weighted by molar-refractivity contribution is 7.99. The number of carbonyl (C=O) groups is 1. The standard InChI is InChI=1S/C19H21N3O2S/c1-5-24-16(23)11-25-19-21-15-7-6-8-20-18(15)22(19)17-13(3)9-12(2)10-14(17)4/h6-10H,5,11H2,1-4H3. The molecular formula is C19H21N3O2S. The van der Waals surface area contributed by atoms with Crippen molar-refractivity contribution in [3.8, 4) is 5.69 Å². The maximum absolute atomic E-state index is 11.8. The predicted molar refractivity (Wildman–Crippen MR) is 100 cm³/mol. The summed E-state index contributed by atoms with van der Waals surface area (Å²) in [5.41, 5.74) is 6.20. The first-order valence-electron chi connectivity index (χ1n) is 8.21. The molecule has 0 saturated heterocycles. The molecule has 0 aliphatic heterocycles. The third-order valence-electron chi connectivity index (χ3n) is 3.87. The summed E-state index contributed by atoms with van der Waals surface area (Å²) in [6.07, 6.45) is 1.76. The van der Waals surface area contributed by atoms with Crippen molar-refractivity contribution in [2.24, 2.45) is 0 Å². The van der Waals surface area contributed by atoms with Gasteiger partial charge in [0.05, 0.1) is 18.0 Å². The minimum atomic E-state index is -0.239. The van der Waals surface area contributed by atoms with Crippen molar-refractivity contribution in [2.75, 3.05) is 12.4 Å². The number of hydrogen-bond acceptors (Lipinski definition) is 5. The van der Waals surface area contributed by atoms with Gasteiger partial charge in [-0.05, 0) is 51.0 Å². The van der Waals surface area contributed by atoms with E-state index in [1.807, 2.05) is 16.7 Å². The smallest absolute Gasteiger partial charge is 0.316 e. The zero-order valence-electron chi connectivity index (χ0n) is 14.9. The highest BCUT2D eigenvalue weighted by Crippen LogP contribution is 2.31. The molecule has 0 bridgehead atoms. The van der Waals surface area contributed by atoms with Crippen LogP contribution in [-0.2, 0) is 9.53 Å². The number of rotatable bonds is 5. The van der Waals surface area contributed by atoms with Gasteiger partial charge in [-0.15, -0.1) is 0 Å². The van der Waals surface area contributed by atoms with Gasteiger partial charge in [0.1, 0.15) is 5.52 Å². The summed E-state index contributed by atoms with van der Waals surface area (Å²) in [4.78, 5) is 21.0. The second kappa shape index (κ2) is 7.27. The second-order valence-electron chi connectivity index (χ2n) is 5.92. The van der Waals surface area contributed by atoms with Crippen molar-refractivity contribution in [3.63, 3.8) is 0 Å². The first-order chi connectivity index (χ1) is 12.0. The maximum atomic E-state index is 11.8. The molecule has 0 radical (unpaired) electrons. The molecule has 2 heterocycles. The van der Waals surface area contributed by atoms with Crippen LogP contribution in [0.3, 0.4) is 0 Å². The summed E-state index contributed by atoms with van der Waals surface area (Å²) >= 11 is 1.37. The van der Waals surface area contributed by atoms with Crippen LogP contribution in [0.1, 0.15) is 23.6 Å². The average molecular weight is 355 g/mol. The number of fused-ring (bicyclic) bond motifs is 1. The molecule has 0 aliphatic carbocycles. The Morgan fingerprint density at radius 3 is 2.64 bits per heavy atom. The molecule has 5 nitrogen and oxygen atoms in total. The van der Waals surface area contributed by atoms with E-state index in [0.717, 1.165) is 33.1 Å². The molecule has 0 N–H and O–H groups in total. The molecule has 0 unspecified atom stereocenters. The van der Waals surface area contributed by atoms with E-state index in [1.165, 1.54) is 17.3 Å². The quantitative estimate of drug-likeness (QED) is 0.511. The Labute approximate surface area is 151 Å². The van der Waals surface area contributed by atoms with Gasteiger partial charge in [-0.3, -0.25) is 9.36 Å². The fraction of sp³-hybridized carbons (Fsp3) is 0.316. The van der Waals surface area contributed by atoms with Crippen LogP contribution in [0.25, 0.3) is 16.9 Å². The number of esters is 1. The van der Waals surface area contributed by atoms with Gasteiger partial charge in [-0.2, -0.15) is 0 Å². The van der Waals surface area contributed by atoms with E-state index in [9.17, 15) is 4.79 Å². The molecule has 3 rings (SSSR count). The summed E-state index contributed by atoms with van der Waals surface area (Å²) in [7, 11) is 0. The topological polar surface area (TPSA) is 57.0 Å². The lowest BCUT2D eigenvalue weighted by atomic mass is 10.1. The number of aryl methyl sites for hydroxylation is 3. The average Bonchev–Trinajstić information content (AvgIpc) is 2.91. The number of benzene rings is 1. The Bertz CT molecular complexity index is 911. The van der Waals surface area contributed by atoms with Crippen LogP contribution in [0.5, 0.6) is 0 Å². The van der Waals surface area contributed by atoms with E-state index in [4.69, 9.17) is 4.74 Å². The molecule has 0 atom stereocenters. The third kappa shape index (κ3) is 3.54. The predicted octanol–water partition coefficient (Wildman–Crippen LogP) is 4.00. The Balaban J connectivity index is 2.13. The molecular weight excluding hydrogens is 334 g/mol. The van der Waals surface area contributed by atoms with Crippen LogP contribution in [0, 0.1) is 20.8 Å². The first kappa shape index (κ1) is 17.5. The number of imidazole rings is 1. The molecule has 1 aromatic carbocycles. The molecule has 130 valence electrons. The fourth-order valence-corrected chi connectivity index (χ4v) is 3.84. The number of aromatic nitrogens is 3. The summed E-state index contributed by atoms with van der Waals surface area (Å²) in [5, 5.41) is 0.747. The van der Waals surface area contributed by atoms with Crippen molar-refractivity contribution in [2.45, 2.75) is 32.9 Å². The van der Waals surface area contributed by atoms with E-state index in [1.54, 1.807) is 13.1 Å². The van der Waals surface area contributed by atoms with Gasteiger partial charge in [0, 0.05) is 6.20 Å². The Kier molecular flexibility index (Phi) is 5.08. The minimum Gasteiger partial charge on any atom is -0.465 e. The lowest BCUT2D eigenvalue weighted by Gasteiger charge is -2.15. The molecule has 25 heavy (non-hydrogen) atoms. The third-order valence-corrected chi connectivity index (χ3v) is 4.78. The van der Waals surface area contributed by atoms with E-state index in [0.29, 0.717) is 6.61 Å². The molecule has 2 aromatic heterocycles. The van der Waals surface area contributed by atoms with Gasteiger partial charge < -0.3 is 4.74 Å². The van der Waals surface area contributed by atoms with Gasteiger partial charge in [0.15, 0.2) is 10.8 Å². The minimum absolute atomic E-state index is 0.223. The number of pyridine rings is 1. The lowest BCUT2D eigenvalue weighted by molar-refractivity contribution is -0.139.